The molecule has 128 valence electrons. The smallest absolute Gasteiger partial charge is 0.227 e. The first kappa shape index (κ1) is 16.6. The van der Waals surface area contributed by atoms with Gasteiger partial charge in [0.1, 0.15) is 0 Å². The van der Waals surface area contributed by atoms with Crippen molar-refractivity contribution in [2.24, 2.45) is 11.8 Å². The van der Waals surface area contributed by atoms with Gasteiger partial charge in [0.05, 0.1) is 20.3 Å². The van der Waals surface area contributed by atoms with E-state index >= 15 is 0 Å². The molecule has 1 aliphatic carbocycles. The molecular weight excluding hydrogens is 302 g/mol. The van der Waals surface area contributed by atoms with E-state index in [2.05, 4.69) is 18.7 Å². The molecular formula is C20H25NO3. The number of hydrogen-bond acceptors (Lipinski definition) is 3. The molecule has 0 unspecified atom stereocenters. The number of methoxy groups -OCH3 is 2. The summed E-state index contributed by atoms with van der Waals surface area (Å²) in [6.45, 7) is 4.40. The van der Waals surface area contributed by atoms with Crippen molar-refractivity contribution >= 4 is 5.91 Å². The first-order valence-corrected chi connectivity index (χ1v) is 8.49. The summed E-state index contributed by atoms with van der Waals surface area (Å²) in [7, 11) is 3.26. The Morgan fingerprint density at radius 1 is 1.29 bits per heavy atom. The van der Waals surface area contributed by atoms with E-state index in [1.165, 1.54) is 0 Å². The van der Waals surface area contributed by atoms with E-state index in [1.54, 1.807) is 14.2 Å². The highest BCUT2D eigenvalue weighted by molar-refractivity contribution is 5.81. The van der Waals surface area contributed by atoms with Crippen molar-refractivity contribution in [3.63, 3.8) is 0 Å². The topological polar surface area (TPSA) is 38.8 Å². The minimum absolute atomic E-state index is 0.0410. The second-order valence-corrected chi connectivity index (χ2v) is 6.42. The van der Waals surface area contributed by atoms with Crippen LogP contribution < -0.4 is 9.47 Å². The molecule has 1 fully saturated rings. The zero-order valence-electron chi connectivity index (χ0n) is 14.4. The fourth-order valence-electron chi connectivity index (χ4n) is 3.93. The van der Waals surface area contributed by atoms with Crippen LogP contribution in [-0.2, 0) is 4.79 Å². The molecule has 0 aromatic heterocycles. The highest BCUT2D eigenvalue weighted by atomic mass is 16.5. The quantitative estimate of drug-likeness (QED) is 0.773. The van der Waals surface area contributed by atoms with Gasteiger partial charge < -0.3 is 14.4 Å². The Morgan fingerprint density at radius 2 is 2.08 bits per heavy atom. The third-order valence-corrected chi connectivity index (χ3v) is 5.13. The van der Waals surface area contributed by atoms with Crippen molar-refractivity contribution in [1.82, 2.24) is 4.90 Å². The Balaban J connectivity index is 1.97. The van der Waals surface area contributed by atoms with Crippen molar-refractivity contribution < 1.29 is 14.3 Å². The van der Waals surface area contributed by atoms with Crippen LogP contribution in [0.5, 0.6) is 11.5 Å². The number of carbonyl (C=O) groups is 1. The van der Waals surface area contributed by atoms with Gasteiger partial charge in [-0.05, 0) is 42.9 Å². The second-order valence-electron chi connectivity index (χ2n) is 6.42. The predicted molar refractivity (Wildman–Crippen MR) is 94.2 cm³/mol. The molecule has 0 bridgehead atoms. The number of rotatable bonds is 5. The van der Waals surface area contributed by atoms with E-state index in [0.29, 0.717) is 24.0 Å². The van der Waals surface area contributed by atoms with E-state index in [1.807, 2.05) is 29.2 Å². The second kappa shape index (κ2) is 7.12. The number of nitrogens with zero attached hydrogens (tertiary/aromatic N) is 1. The van der Waals surface area contributed by atoms with Crippen LogP contribution in [0.4, 0.5) is 0 Å². The van der Waals surface area contributed by atoms with Crippen LogP contribution >= 0.6 is 0 Å². The van der Waals surface area contributed by atoms with Gasteiger partial charge in [-0.3, -0.25) is 4.79 Å². The van der Waals surface area contributed by atoms with Gasteiger partial charge in [-0.15, -0.1) is 6.58 Å². The molecule has 1 aromatic rings. The summed E-state index contributed by atoms with van der Waals surface area (Å²) in [6.07, 6.45) is 9.14. The van der Waals surface area contributed by atoms with Gasteiger partial charge in [0, 0.05) is 12.5 Å². The maximum Gasteiger partial charge on any atom is 0.227 e. The first-order valence-electron chi connectivity index (χ1n) is 8.49. The van der Waals surface area contributed by atoms with Gasteiger partial charge in [0.25, 0.3) is 0 Å². The molecule has 0 radical (unpaired) electrons. The summed E-state index contributed by atoms with van der Waals surface area (Å²) in [4.78, 5) is 15.0. The van der Waals surface area contributed by atoms with Crippen molar-refractivity contribution in [3.05, 3.63) is 48.6 Å². The Hall–Kier alpha value is -2.23. The minimum Gasteiger partial charge on any atom is -0.493 e. The molecule has 4 nitrogen and oxygen atoms in total. The number of allylic oxidation sites excluding steroid dienone is 2. The molecule has 2 aliphatic rings. The van der Waals surface area contributed by atoms with Crippen molar-refractivity contribution in [1.29, 1.82) is 0 Å². The molecule has 1 saturated heterocycles. The van der Waals surface area contributed by atoms with E-state index in [9.17, 15) is 4.79 Å². The summed E-state index contributed by atoms with van der Waals surface area (Å²) < 4.78 is 10.8. The molecule has 1 aliphatic heterocycles. The number of fused-ring (bicyclic) bond motifs is 1. The Kier molecular flexibility index (Phi) is 4.93. The summed E-state index contributed by atoms with van der Waals surface area (Å²) >= 11 is 0. The maximum absolute atomic E-state index is 13.0. The number of ether oxygens (including phenoxy) is 2. The molecule has 1 heterocycles. The number of benzene rings is 1. The molecule has 3 atom stereocenters. The van der Waals surface area contributed by atoms with Gasteiger partial charge >= 0.3 is 0 Å². The molecule has 0 N–H and O–H groups in total. The highest BCUT2D eigenvalue weighted by Crippen LogP contribution is 2.43. The highest BCUT2D eigenvalue weighted by Gasteiger charge is 2.41. The number of amides is 1. The monoisotopic (exact) mass is 327 g/mol. The lowest BCUT2D eigenvalue weighted by atomic mass is 9.74. The third-order valence-electron chi connectivity index (χ3n) is 5.13. The number of hydrogen-bond donors (Lipinski definition) is 0. The van der Waals surface area contributed by atoms with Crippen LogP contribution in [0.3, 0.4) is 0 Å². The fourth-order valence-corrected chi connectivity index (χ4v) is 3.93. The summed E-state index contributed by atoms with van der Waals surface area (Å²) in [6, 6.07) is 5.97. The van der Waals surface area contributed by atoms with Gasteiger partial charge in [0.15, 0.2) is 11.5 Å². The first-order chi connectivity index (χ1) is 11.7. The standard InChI is InChI=1S/C20H25NO3/c1-4-11-21-17(12-14-7-5-6-8-16(14)20(21)22)15-9-10-18(23-2)19(13-15)24-3/h4-5,7,9-10,13-14,16-17H,1,6,8,11-12H2,2-3H3/t14-,16-,17-/m0/s1. The molecule has 4 heteroatoms. The van der Waals surface area contributed by atoms with Crippen LogP contribution in [0, 0.1) is 11.8 Å². The van der Waals surface area contributed by atoms with Crippen LogP contribution in [0.2, 0.25) is 0 Å². The molecule has 0 spiro atoms. The minimum atomic E-state index is 0.0410. The van der Waals surface area contributed by atoms with Crippen LogP contribution in [0.15, 0.2) is 43.0 Å². The molecule has 0 saturated carbocycles. The zero-order valence-corrected chi connectivity index (χ0v) is 14.4. The number of piperidine rings is 1. The SMILES string of the molecule is C=CCN1C(=O)[C@H]2CCC=C[C@H]2C[C@H]1c1ccc(OC)c(OC)c1. The average Bonchev–Trinajstić information content (AvgIpc) is 2.63. The Morgan fingerprint density at radius 3 is 2.79 bits per heavy atom. The average molecular weight is 327 g/mol. The van der Waals surface area contributed by atoms with E-state index in [4.69, 9.17) is 9.47 Å². The van der Waals surface area contributed by atoms with Gasteiger partial charge in [-0.1, -0.05) is 24.3 Å². The fraction of sp³-hybridized carbons (Fsp3) is 0.450. The van der Waals surface area contributed by atoms with Crippen molar-refractivity contribution in [2.45, 2.75) is 25.3 Å². The van der Waals surface area contributed by atoms with E-state index in [0.717, 1.165) is 24.8 Å². The molecule has 1 aromatic carbocycles. The molecule has 1 amide bonds. The Labute approximate surface area is 143 Å². The molecule has 24 heavy (non-hydrogen) atoms. The normalized spacial score (nSPS) is 26.0. The lowest BCUT2D eigenvalue weighted by Crippen LogP contribution is -2.47. The van der Waals surface area contributed by atoms with Crippen LogP contribution in [-0.4, -0.2) is 31.6 Å². The lowest BCUT2D eigenvalue weighted by Gasteiger charge is -2.44. The van der Waals surface area contributed by atoms with Crippen LogP contribution in [0.25, 0.3) is 0 Å². The Bertz CT molecular complexity index is 652. The number of carbonyl (C=O) groups excluding carboxylic acids is 1. The zero-order chi connectivity index (χ0) is 17.1. The largest absolute Gasteiger partial charge is 0.493 e. The summed E-state index contributed by atoms with van der Waals surface area (Å²) in [5.74, 6) is 2.09. The number of likely N-dealkylation sites (tertiary alicyclic amines) is 1. The maximum atomic E-state index is 13.0. The van der Waals surface area contributed by atoms with Gasteiger partial charge in [-0.2, -0.15) is 0 Å². The van der Waals surface area contributed by atoms with E-state index in [-0.39, 0.29) is 17.9 Å². The van der Waals surface area contributed by atoms with Crippen molar-refractivity contribution in [2.75, 3.05) is 20.8 Å². The lowest BCUT2D eigenvalue weighted by molar-refractivity contribution is -0.144. The summed E-state index contributed by atoms with van der Waals surface area (Å²) in [5, 5.41) is 0. The molecule has 3 rings (SSSR count). The van der Waals surface area contributed by atoms with Crippen molar-refractivity contribution in [3.8, 4) is 11.5 Å². The predicted octanol–water partition coefficient (Wildman–Crippen LogP) is 3.75. The van der Waals surface area contributed by atoms with Gasteiger partial charge in [0.2, 0.25) is 5.91 Å². The van der Waals surface area contributed by atoms with Gasteiger partial charge in [-0.25, -0.2) is 0 Å². The summed E-state index contributed by atoms with van der Waals surface area (Å²) in [5.41, 5.74) is 1.08. The third kappa shape index (κ3) is 2.93. The van der Waals surface area contributed by atoms with Crippen LogP contribution in [0.1, 0.15) is 30.9 Å². The van der Waals surface area contributed by atoms with E-state index < -0.39 is 0 Å².